The minimum absolute atomic E-state index is 0.0417. The van der Waals surface area contributed by atoms with Crippen molar-refractivity contribution in [3.05, 3.63) is 53.6 Å². The Morgan fingerprint density at radius 2 is 1.30 bits per heavy atom. The summed E-state index contributed by atoms with van der Waals surface area (Å²) in [5.41, 5.74) is 3.79. The molecule has 0 heterocycles. The number of hydrogen-bond acceptors (Lipinski definition) is 5. The number of anilines is 3. The fourth-order valence-corrected chi connectivity index (χ4v) is 6.53. The molecule has 0 radical (unpaired) electrons. The van der Waals surface area contributed by atoms with E-state index in [1.165, 1.54) is 70.6 Å². The van der Waals surface area contributed by atoms with Crippen LogP contribution in [0.3, 0.4) is 0 Å². The highest BCUT2D eigenvalue weighted by atomic mass is 32.2. The van der Waals surface area contributed by atoms with Crippen molar-refractivity contribution in [2.24, 2.45) is 0 Å². The second kappa shape index (κ2) is 21.0. The topological polar surface area (TPSA) is 87.7 Å². The fraction of sp³-hybridized carbons (Fsp3) is 0.629. The summed E-state index contributed by atoms with van der Waals surface area (Å²) in [7, 11) is -3.49. The van der Waals surface area contributed by atoms with Crippen LogP contribution in [0.15, 0.2) is 42.5 Å². The van der Waals surface area contributed by atoms with Crippen molar-refractivity contribution in [1.29, 1.82) is 0 Å². The van der Waals surface area contributed by atoms with Crippen LogP contribution in [0.25, 0.3) is 0 Å². The van der Waals surface area contributed by atoms with E-state index in [1.54, 1.807) is 24.3 Å². The molecule has 0 saturated carbocycles. The normalized spacial score (nSPS) is 11.3. The van der Waals surface area contributed by atoms with Gasteiger partial charge in [0.15, 0.2) is 0 Å². The van der Waals surface area contributed by atoms with Gasteiger partial charge < -0.3 is 9.64 Å². The molecule has 0 aliphatic rings. The molecule has 0 aromatic heterocycles. The molecule has 0 spiro atoms. The third-order valence-electron chi connectivity index (χ3n) is 7.98. The van der Waals surface area contributed by atoms with Gasteiger partial charge in [0, 0.05) is 30.0 Å². The molecule has 43 heavy (non-hydrogen) atoms. The molecule has 1 amide bonds. The van der Waals surface area contributed by atoms with Crippen molar-refractivity contribution in [3.63, 3.8) is 0 Å². The second-order valence-electron chi connectivity index (χ2n) is 11.5. The van der Waals surface area contributed by atoms with E-state index in [-0.39, 0.29) is 12.4 Å². The zero-order valence-electron chi connectivity index (χ0n) is 27.3. The van der Waals surface area contributed by atoms with Crippen LogP contribution >= 0.6 is 0 Å². The Balaban J connectivity index is 1.68. The van der Waals surface area contributed by atoms with Crippen LogP contribution < -0.4 is 14.9 Å². The van der Waals surface area contributed by atoms with Gasteiger partial charge in [-0.3, -0.25) is 10.0 Å². The van der Waals surface area contributed by atoms with Gasteiger partial charge in [-0.15, -0.1) is 0 Å². The number of hydrogen-bond donors (Lipinski definition) is 2. The number of aryl methyl sites for hydroxylation is 1. The molecule has 0 aliphatic carbocycles. The SMILES string of the molecule is CCCCCCCCCCCCCCCCS(=O)(=O)Nc1ccccc1COC(=O)Nc1ccc(N(CC)CC)cc1C. The number of ether oxygens (including phenoxy) is 1. The smallest absolute Gasteiger partial charge is 0.411 e. The number of carbonyl (C=O) groups excluding carboxylic acids is 1. The highest BCUT2D eigenvalue weighted by Gasteiger charge is 2.14. The Morgan fingerprint density at radius 3 is 1.86 bits per heavy atom. The van der Waals surface area contributed by atoms with Crippen LogP contribution in [-0.2, 0) is 21.4 Å². The van der Waals surface area contributed by atoms with Gasteiger partial charge in [0.05, 0.1) is 11.4 Å². The monoisotopic (exact) mass is 615 g/mol. The average Bonchev–Trinajstić information content (AvgIpc) is 2.98. The van der Waals surface area contributed by atoms with E-state index in [2.05, 4.69) is 35.7 Å². The van der Waals surface area contributed by atoms with Gasteiger partial charge in [-0.1, -0.05) is 109 Å². The zero-order chi connectivity index (χ0) is 31.3. The molecule has 0 aliphatic heterocycles. The Morgan fingerprint density at radius 1 is 0.744 bits per heavy atom. The first-order chi connectivity index (χ1) is 20.8. The van der Waals surface area contributed by atoms with Gasteiger partial charge in [-0.2, -0.15) is 0 Å². The lowest BCUT2D eigenvalue weighted by Crippen LogP contribution is -2.22. The summed E-state index contributed by atoms with van der Waals surface area (Å²) in [6.45, 7) is 10.2. The summed E-state index contributed by atoms with van der Waals surface area (Å²) >= 11 is 0. The predicted octanol–water partition coefficient (Wildman–Crippen LogP) is 9.81. The minimum Gasteiger partial charge on any atom is -0.444 e. The van der Waals surface area contributed by atoms with Crippen molar-refractivity contribution in [3.8, 4) is 0 Å². The lowest BCUT2D eigenvalue weighted by molar-refractivity contribution is 0.155. The van der Waals surface area contributed by atoms with E-state index < -0.39 is 16.1 Å². The summed E-state index contributed by atoms with van der Waals surface area (Å²) in [5.74, 6) is 0.0868. The Labute approximate surface area is 262 Å². The molecule has 7 nitrogen and oxygen atoms in total. The number of rotatable bonds is 23. The largest absolute Gasteiger partial charge is 0.444 e. The second-order valence-corrected chi connectivity index (χ2v) is 13.4. The molecule has 2 rings (SSSR count). The first-order valence-corrected chi connectivity index (χ1v) is 18.3. The van der Waals surface area contributed by atoms with E-state index in [0.29, 0.717) is 23.4 Å². The lowest BCUT2D eigenvalue weighted by atomic mass is 10.0. The number of unbranched alkanes of at least 4 members (excludes halogenated alkanes) is 13. The van der Waals surface area contributed by atoms with E-state index in [1.807, 2.05) is 25.1 Å². The molecule has 2 aromatic rings. The number of nitrogens with zero attached hydrogens (tertiary/aromatic N) is 1. The van der Waals surface area contributed by atoms with Crippen molar-refractivity contribution in [1.82, 2.24) is 0 Å². The van der Waals surface area contributed by atoms with Gasteiger partial charge in [0.1, 0.15) is 6.61 Å². The van der Waals surface area contributed by atoms with Crippen molar-refractivity contribution in [2.45, 2.75) is 124 Å². The molecule has 0 bridgehead atoms. The Hall–Kier alpha value is -2.74. The summed E-state index contributed by atoms with van der Waals surface area (Å²) < 4.78 is 33.7. The molecule has 2 aromatic carbocycles. The Bertz CT molecular complexity index is 1170. The van der Waals surface area contributed by atoms with Crippen LogP contribution in [0.1, 0.15) is 122 Å². The van der Waals surface area contributed by atoms with Crippen LogP contribution in [0.5, 0.6) is 0 Å². The molecule has 0 unspecified atom stereocenters. The maximum atomic E-state index is 12.8. The number of benzene rings is 2. The molecule has 8 heteroatoms. The van der Waals surface area contributed by atoms with E-state index in [4.69, 9.17) is 4.74 Å². The van der Waals surface area contributed by atoms with Crippen LogP contribution in [0.2, 0.25) is 0 Å². The molecular formula is C35H57N3O4S. The van der Waals surface area contributed by atoms with Crippen LogP contribution in [0.4, 0.5) is 21.9 Å². The van der Waals surface area contributed by atoms with Crippen LogP contribution in [-0.4, -0.2) is 33.4 Å². The minimum atomic E-state index is -3.49. The highest BCUT2D eigenvalue weighted by Crippen LogP contribution is 2.24. The van der Waals surface area contributed by atoms with E-state index >= 15 is 0 Å². The van der Waals surface area contributed by atoms with Crippen molar-refractivity contribution in [2.75, 3.05) is 33.8 Å². The number of nitrogens with one attached hydrogen (secondary N) is 2. The van der Waals surface area contributed by atoms with Gasteiger partial charge in [0.25, 0.3) is 0 Å². The number of sulfonamides is 1. The van der Waals surface area contributed by atoms with Gasteiger partial charge in [-0.25, -0.2) is 13.2 Å². The highest BCUT2D eigenvalue weighted by molar-refractivity contribution is 7.92. The third-order valence-corrected chi connectivity index (χ3v) is 9.34. The number of amides is 1. The summed E-state index contributed by atoms with van der Waals surface area (Å²) in [6.07, 6.45) is 16.6. The number of carbonyl (C=O) groups is 1. The standard InChI is InChI=1S/C35H57N3O4S/c1-5-8-9-10-11-12-13-14-15-16-17-18-19-22-27-43(40,41)37-34-24-21-20-23-31(34)29-42-35(39)36-33-26-25-32(28-30(33)4)38(6-2)7-3/h20-21,23-26,28,37H,5-19,22,27,29H2,1-4H3,(H,36,39). The van der Waals surface area contributed by atoms with E-state index in [0.717, 1.165) is 37.2 Å². The molecule has 0 atom stereocenters. The van der Waals surface area contributed by atoms with Gasteiger partial charge >= 0.3 is 6.09 Å². The summed E-state index contributed by atoms with van der Waals surface area (Å²) in [4.78, 5) is 14.8. The molecule has 0 saturated heterocycles. The zero-order valence-corrected chi connectivity index (χ0v) is 28.1. The van der Waals surface area contributed by atoms with Crippen LogP contribution in [0, 0.1) is 6.92 Å². The fourth-order valence-electron chi connectivity index (χ4n) is 5.31. The molecule has 242 valence electrons. The Kier molecular flexibility index (Phi) is 17.8. The van der Waals surface area contributed by atoms with Crippen molar-refractivity contribution < 1.29 is 17.9 Å². The van der Waals surface area contributed by atoms with Crippen molar-refractivity contribution >= 4 is 33.2 Å². The van der Waals surface area contributed by atoms with E-state index in [9.17, 15) is 13.2 Å². The average molecular weight is 616 g/mol. The quantitative estimate of drug-likeness (QED) is 0.122. The predicted molar refractivity (Wildman–Crippen MR) is 183 cm³/mol. The molecule has 0 fully saturated rings. The maximum Gasteiger partial charge on any atom is 0.411 e. The third kappa shape index (κ3) is 15.0. The molecular weight excluding hydrogens is 558 g/mol. The number of para-hydroxylation sites is 1. The lowest BCUT2D eigenvalue weighted by Gasteiger charge is -2.22. The first kappa shape index (κ1) is 36.5. The van der Waals surface area contributed by atoms with Gasteiger partial charge in [-0.05, 0) is 57.0 Å². The maximum absolute atomic E-state index is 12.8. The first-order valence-electron chi connectivity index (χ1n) is 16.7. The summed E-state index contributed by atoms with van der Waals surface area (Å²) in [5, 5.41) is 2.80. The molecule has 2 N–H and O–H groups in total. The summed E-state index contributed by atoms with van der Waals surface area (Å²) in [6, 6.07) is 13.0. The van der Waals surface area contributed by atoms with Gasteiger partial charge in [0.2, 0.25) is 10.0 Å².